The van der Waals surface area contributed by atoms with Crippen molar-refractivity contribution in [2.24, 2.45) is 0 Å². The summed E-state index contributed by atoms with van der Waals surface area (Å²) in [6, 6.07) is 12.1. The van der Waals surface area contributed by atoms with E-state index in [0.717, 1.165) is 31.1 Å². The first-order valence-corrected chi connectivity index (χ1v) is 7.67. The van der Waals surface area contributed by atoms with Gasteiger partial charge in [0.1, 0.15) is 11.5 Å². The molecule has 0 N–H and O–H groups in total. The van der Waals surface area contributed by atoms with Gasteiger partial charge in [-0.05, 0) is 32.0 Å². The van der Waals surface area contributed by atoms with Crippen LogP contribution in [0.25, 0.3) is 0 Å². The lowest BCUT2D eigenvalue weighted by Crippen LogP contribution is -2.27. The van der Waals surface area contributed by atoms with Gasteiger partial charge in [0.05, 0.1) is 25.5 Å². The SMILES string of the molecule is COCCN(Cc1ccco1)Cc1ccccc1OC(C)C. The van der Waals surface area contributed by atoms with Gasteiger partial charge < -0.3 is 13.9 Å². The normalized spacial score (nSPS) is 11.3. The molecule has 0 saturated carbocycles. The smallest absolute Gasteiger partial charge is 0.124 e. The minimum atomic E-state index is 0.165. The molecule has 0 saturated heterocycles. The van der Waals surface area contributed by atoms with E-state index in [9.17, 15) is 0 Å². The van der Waals surface area contributed by atoms with Gasteiger partial charge in [-0.15, -0.1) is 0 Å². The number of hydrogen-bond acceptors (Lipinski definition) is 4. The molecule has 4 heteroatoms. The molecule has 0 atom stereocenters. The van der Waals surface area contributed by atoms with Crippen molar-refractivity contribution >= 4 is 0 Å². The lowest BCUT2D eigenvalue weighted by atomic mass is 10.2. The van der Waals surface area contributed by atoms with Crippen molar-refractivity contribution in [3.63, 3.8) is 0 Å². The zero-order chi connectivity index (χ0) is 15.8. The van der Waals surface area contributed by atoms with Gasteiger partial charge in [0.25, 0.3) is 0 Å². The van der Waals surface area contributed by atoms with Crippen molar-refractivity contribution < 1.29 is 13.9 Å². The number of rotatable bonds is 9. The molecule has 0 unspecified atom stereocenters. The molecule has 0 radical (unpaired) electrons. The Bertz CT molecular complexity index is 537. The first-order chi connectivity index (χ1) is 10.7. The molecule has 0 aliphatic carbocycles. The molecule has 0 spiro atoms. The molecule has 1 aromatic carbocycles. The third-order valence-electron chi connectivity index (χ3n) is 3.30. The average molecular weight is 303 g/mol. The maximum atomic E-state index is 5.90. The van der Waals surface area contributed by atoms with E-state index in [0.29, 0.717) is 6.61 Å². The van der Waals surface area contributed by atoms with Crippen molar-refractivity contribution in [1.29, 1.82) is 0 Å². The number of nitrogens with zero attached hydrogens (tertiary/aromatic N) is 1. The maximum Gasteiger partial charge on any atom is 0.124 e. The number of methoxy groups -OCH3 is 1. The van der Waals surface area contributed by atoms with Gasteiger partial charge >= 0.3 is 0 Å². The molecule has 4 nitrogen and oxygen atoms in total. The Hall–Kier alpha value is -1.78. The van der Waals surface area contributed by atoms with E-state index < -0.39 is 0 Å². The van der Waals surface area contributed by atoms with E-state index in [2.05, 4.69) is 11.0 Å². The summed E-state index contributed by atoms with van der Waals surface area (Å²) in [6.45, 7) is 7.17. The monoisotopic (exact) mass is 303 g/mol. The first-order valence-electron chi connectivity index (χ1n) is 7.67. The molecule has 120 valence electrons. The minimum Gasteiger partial charge on any atom is -0.491 e. The van der Waals surface area contributed by atoms with E-state index in [-0.39, 0.29) is 6.10 Å². The van der Waals surface area contributed by atoms with Gasteiger partial charge in [0.15, 0.2) is 0 Å². The third kappa shape index (κ3) is 5.20. The third-order valence-corrected chi connectivity index (χ3v) is 3.30. The van der Waals surface area contributed by atoms with E-state index in [1.54, 1.807) is 13.4 Å². The molecular weight excluding hydrogens is 278 g/mol. The van der Waals surface area contributed by atoms with Crippen LogP contribution >= 0.6 is 0 Å². The molecule has 2 aromatic rings. The second kappa shape index (κ2) is 8.61. The highest BCUT2D eigenvalue weighted by Crippen LogP contribution is 2.22. The van der Waals surface area contributed by atoms with Gasteiger partial charge in [-0.3, -0.25) is 4.90 Å². The Morgan fingerprint density at radius 2 is 1.91 bits per heavy atom. The largest absolute Gasteiger partial charge is 0.491 e. The van der Waals surface area contributed by atoms with Gasteiger partial charge in [-0.2, -0.15) is 0 Å². The van der Waals surface area contributed by atoms with E-state index in [1.165, 1.54) is 5.56 Å². The van der Waals surface area contributed by atoms with Crippen LogP contribution in [0, 0.1) is 0 Å². The van der Waals surface area contributed by atoms with Crippen LogP contribution in [0.15, 0.2) is 47.1 Å². The van der Waals surface area contributed by atoms with Gasteiger partial charge in [0, 0.05) is 25.8 Å². The molecule has 0 amide bonds. The maximum absolute atomic E-state index is 5.90. The fourth-order valence-electron chi connectivity index (χ4n) is 2.30. The van der Waals surface area contributed by atoms with Crippen molar-refractivity contribution in [2.45, 2.75) is 33.0 Å². The molecule has 0 fully saturated rings. The van der Waals surface area contributed by atoms with Crippen molar-refractivity contribution in [3.8, 4) is 5.75 Å². The summed E-state index contributed by atoms with van der Waals surface area (Å²) in [5, 5.41) is 0. The number of hydrogen-bond donors (Lipinski definition) is 0. The highest BCUT2D eigenvalue weighted by molar-refractivity contribution is 5.33. The van der Waals surface area contributed by atoms with Crippen LogP contribution in [0.2, 0.25) is 0 Å². The van der Waals surface area contributed by atoms with Crippen molar-refractivity contribution in [1.82, 2.24) is 4.90 Å². The highest BCUT2D eigenvalue weighted by Gasteiger charge is 2.12. The zero-order valence-electron chi connectivity index (χ0n) is 13.6. The standard InChI is InChI=1S/C18H25NO3/c1-15(2)22-18-9-5-4-7-16(18)13-19(10-12-20-3)14-17-8-6-11-21-17/h4-9,11,15H,10,12-14H2,1-3H3. The van der Waals surface area contributed by atoms with Crippen LogP contribution in [0.3, 0.4) is 0 Å². The van der Waals surface area contributed by atoms with Crippen LogP contribution in [-0.2, 0) is 17.8 Å². The topological polar surface area (TPSA) is 34.8 Å². The predicted molar refractivity (Wildman–Crippen MR) is 86.9 cm³/mol. The Balaban J connectivity index is 2.08. The highest BCUT2D eigenvalue weighted by atomic mass is 16.5. The van der Waals surface area contributed by atoms with Crippen LogP contribution < -0.4 is 4.74 Å². The summed E-state index contributed by atoms with van der Waals surface area (Å²) >= 11 is 0. The summed E-state index contributed by atoms with van der Waals surface area (Å²) in [5.41, 5.74) is 1.18. The Labute approximate surface area is 132 Å². The summed E-state index contributed by atoms with van der Waals surface area (Å²) in [4.78, 5) is 2.30. The molecule has 2 rings (SSSR count). The fraction of sp³-hybridized carbons (Fsp3) is 0.444. The molecule has 1 heterocycles. The summed E-state index contributed by atoms with van der Waals surface area (Å²) in [6.07, 6.45) is 1.87. The van der Waals surface area contributed by atoms with E-state index in [4.69, 9.17) is 13.9 Å². The number of benzene rings is 1. The molecule has 0 aliphatic heterocycles. The van der Waals surface area contributed by atoms with Gasteiger partial charge in [0.2, 0.25) is 0 Å². The zero-order valence-corrected chi connectivity index (χ0v) is 13.6. The number of para-hydroxylation sites is 1. The van der Waals surface area contributed by atoms with Gasteiger partial charge in [-0.25, -0.2) is 0 Å². The van der Waals surface area contributed by atoms with Crippen LogP contribution in [0.4, 0.5) is 0 Å². The first kappa shape index (κ1) is 16.6. The lowest BCUT2D eigenvalue weighted by molar-refractivity contribution is 0.133. The molecule has 0 bridgehead atoms. The van der Waals surface area contributed by atoms with Crippen LogP contribution in [0.5, 0.6) is 5.75 Å². The van der Waals surface area contributed by atoms with Gasteiger partial charge in [-0.1, -0.05) is 18.2 Å². The number of ether oxygens (including phenoxy) is 2. The minimum absolute atomic E-state index is 0.165. The molecule has 22 heavy (non-hydrogen) atoms. The summed E-state index contributed by atoms with van der Waals surface area (Å²) in [5.74, 6) is 1.90. The van der Waals surface area contributed by atoms with E-state index >= 15 is 0 Å². The fourth-order valence-corrected chi connectivity index (χ4v) is 2.30. The summed E-state index contributed by atoms with van der Waals surface area (Å²) < 4.78 is 16.6. The Kier molecular flexibility index (Phi) is 6.49. The van der Waals surface area contributed by atoms with Crippen molar-refractivity contribution in [3.05, 3.63) is 54.0 Å². The quantitative estimate of drug-likeness (QED) is 0.707. The van der Waals surface area contributed by atoms with Crippen molar-refractivity contribution in [2.75, 3.05) is 20.3 Å². The van der Waals surface area contributed by atoms with Crippen LogP contribution in [0.1, 0.15) is 25.2 Å². The lowest BCUT2D eigenvalue weighted by Gasteiger charge is -2.23. The molecular formula is C18H25NO3. The van der Waals surface area contributed by atoms with E-state index in [1.807, 2.05) is 44.2 Å². The molecule has 1 aromatic heterocycles. The predicted octanol–water partition coefficient (Wildman–Crippen LogP) is 3.72. The Morgan fingerprint density at radius 1 is 1.09 bits per heavy atom. The average Bonchev–Trinajstić information content (AvgIpc) is 2.99. The summed E-state index contributed by atoms with van der Waals surface area (Å²) in [7, 11) is 1.72. The second-order valence-corrected chi connectivity index (χ2v) is 5.56. The van der Waals surface area contributed by atoms with Crippen LogP contribution in [-0.4, -0.2) is 31.3 Å². The second-order valence-electron chi connectivity index (χ2n) is 5.56. The molecule has 0 aliphatic rings. The Morgan fingerprint density at radius 3 is 2.59 bits per heavy atom. The number of furan rings is 1.